The van der Waals surface area contributed by atoms with E-state index in [0.717, 1.165) is 24.0 Å². The summed E-state index contributed by atoms with van der Waals surface area (Å²) in [6, 6.07) is 0. The van der Waals surface area contributed by atoms with E-state index < -0.39 is 0 Å². The summed E-state index contributed by atoms with van der Waals surface area (Å²) in [4.78, 5) is 0. The van der Waals surface area contributed by atoms with Gasteiger partial charge in [0, 0.05) is 24.5 Å². The molecule has 13 heavy (non-hydrogen) atoms. The number of alkyl halides is 1. The van der Waals surface area contributed by atoms with Crippen LogP contribution in [0.5, 0.6) is 0 Å². The minimum absolute atomic E-state index is 0.959. The van der Waals surface area contributed by atoms with Crippen molar-refractivity contribution < 1.29 is 0 Å². The van der Waals surface area contributed by atoms with Crippen LogP contribution in [0.3, 0.4) is 0 Å². The first-order chi connectivity index (χ1) is 6.36. The van der Waals surface area contributed by atoms with E-state index in [1.807, 2.05) is 10.9 Å². The molecule has 0 amide bonds. The number of nitrogens with zero attached hydrogens (tertiary/aromatic N) is 3. The molecule has 0 spiro atoms. The van der Waals surface area contributed by atoms with Crippen LogP contribution in [0.1, 0.15) is 31.9 Å². The van der Waals surface area contributed by atoms with E-state index in [0.29, 0.717) is 0 Å². The van der Waals surface area contributed by atoms with Gasteiger partial charge in [0.1, 0.15) is 0 Å². The monoisotopic (exact) mass is 245 g/mol. The van der Waals surface area contributed by atoms with Gasteiger partial charge in [-0.2, -0.15) is 0 Å². The van der Waals surface area contributed by atoms with Crippen molar-refractivity contribution in [3.63, 3.8) is 0 Å². The highest BCUT2D eigenvalue weighted by Gasteiger charge is 1.98. The topological polar surface area (TPSA) is 30.7 Å². The smallest absolute Gasteiger partial charge is 0.0835 e. The van der Waals surface area contributed by atoms with Crippen LogP contribution in [0.4, 0.5) is 0 Å². The molecule has 0 atom stereocenters. The van der Waals surface area contributed by atoms with Crippen molar-refractivity contribution in [1.82, 2.24) is 15.0 Å². The second-order valence-corrected chi connectivity index (χ2v) is 3.91. The average molecular weight is 246 g/mol. The molecule has 4 heteroatoms. The lowest BCUT2D eigenvalue weighted by atomic mass is 10.2. The molecule has 0 radical (unpaired) electrons. The van der Waals surface area contributed by atoms with Crippen molar-refractivity contribution in [1.29, 1.82) is 0 Å². The van der Waals surface area contributed by atoms with E-state index in [1.54, 1.807) is 0 Å². The fraction of sp³-hybridized carbons (Fsp3) is 0.778. The zero-order chi connectivity index (χ0) is 9.52. The molecule has 0 aliphatic heterocycles. The summed E-state index contributed by atoms with van der Waals surface area (Å²) < 4.78 is 1.94. The molecule has 1 aromatic heterocycles. The predicted molar refractivity (Wildman–Crippen MR) is 57.0 cm³/mol. The molecule has 0 bridgehead atoms. The summed E-state index contributed by atoms with van der Waals surface area (Å²) in [5.74, 6) is 0. The molecule has 0 aliphatic rings. The fourth-order valence-electron chi connectivity index (χ4n) is 1.18. The van der Waals surface area contributed by atoms with Gasteiger partial charge >= 0.3 is 0 Å². The number of halogens is 1. The molecule has 1 aromatic rings. The Labute approximate surface area is 87.6 Å². The van der Waals surface area contributed by atoms with Gasteiger partial charge < -0.3 is 0 Å². The Balaban J connectivity index is 2.31. The van der Waals surface area contributed by atoms with Crippen molar-refractivity contribution in [2.45, 2.75) is 39.2 Å². The van der Waals surface area contributed by atoms with Crippen LogP contribution < -0.4 is 0 Å². The molecular formula is C9H16BrN3. The normalized spacial score (nSPS) is 10.6. The van der Waals surface area contributed by atoms with Crippen molar-refractivity contribution in [2.24, 2.45) is 0 Å². The molecule has 0 aromatic carbocycles. The first-order valence-corrected chi connectivity index (χ1v) is 5.94. The molecule has 0 aliphatic carbocycles. The zero-order valence-corrected chi connectivity index (χ0v) is 9.63. The van der Waals surface area contributed by atoms with E-state index in [1.165, 1.54) is 19.3 Å². The highest BCUT2D eigenvalue weighted by Crippen LogP contribution is 2.00. The van der Waals surface area contributed by atoms with Crippen molar-refractivity contribution in [3.05, 3.63) is 11.9 Å². The molecule has 3 nitrogen and oxygen atoms in total. The Morgan fingerprint density at radius 2 is 2.31 bits per heavy atom. The van der Waals surface area contributed by atoms with Gasteiger partial charge in [-0.3, -0.25) is 4.68 Å². The highest BCUT2D eigenvalue weighted by molar-refractivity contribution is 9.09. The van der Waals surface area contributed by atoms with E-state index in [9.17, 15) is 0 Å². The van der Waals surface area contributed by atoms with Crippen LogP contribution in [0.2, 0.25) is 0 Å². The molecule has 0 fully saturated rings. The minimum atomic E-state index is 0.959. The summed E-state index contributed by atoms with van der Waals surface area (Å²) in [5, 5.41) is 9.08. The van der Waals surface area contributed by atoms with Crippen LogP contribution in [-0.4, -0.2) is 20.3 Å². The number of unbranched alkanes of at least 4 members (excludes halogenated alkanes) is 2. The van der Waals surface area contributed by atoms with Gasteiger partial charge in [0.05, 0.1) is 5.69 Å². The number of aromatic nitrogens is 3. The third-order valence-corrected chi connectivity index (χ3v) is 2.32. The highest BCUT2D eigenvalue weighted by atomic mass is 79.9. The predicted octanol–water partition coefficient (Wildman–Crippen LogP) is 2.41. The van der Waals surface area contributed by atoms with E-state index in [-0.39, 0.29) is 0 Å². The quantitative estimate of drug-likeness (QED) is 0.570. The summed E-state index contributed by atoms with van der Waals surface area (Å²) >= 11 is 3.38. The van der Waals surface area contributed by atoms with Crippen LogP contribution in [0.25, 0.3) is 0 Å². The molecule has 74 valence electrons. The Hall–Kier alpha value is -0.380. The molecule has 1 heterocycles. The SMILES string of the molecule is CCCCCn1cc(CCBr)nn1. The summed E-state index contributed by atoms with van der Waals surface area (Å²) in [5.41, 5.74) is 1.08. The van der Waals surface area contributed by atoms with Gasteiger partial charge in [-0.15, -0.1) is 5.10 Å². The second kappa shape index (κ2) is 6.13. The number of hydrogen-bond acceptors (Lipinski definition) is 2. The lowest BCUT2D eigenvalue weighted by Gasteiger charge is -1.97. The van der Waals surface area contributed by atoms with Gasteiger partial charge in [0.25, 0.3) is 0 Å². The van der Waals surface area contributed by atoms with Crippen LogP contribution in [-0.2, 0) is 13.0 Å². The number of aryl methyl sites for hydroxylation is 2. The minimum Gasteiger partial charge on any atom is -0.252 e. The Morgan fingerprint density at radius 1 is 1.46 bits per heavy atom. The van der Waals surface area contributed by atoms with Gasteiger partial charge in [-0.1, -0.05) is 40.9 Å². The van der Waals surface area contributed by atoms with Crippen LogP contribution in [0.15, 0.2) is 6.20 Å². The summed E-state index contributed by atoms with van der Waals surface area (Å²) in [6.45, 7) is 3.21. The lowest BCUT2D eigenvalue weighted by Crippen LogP contribution is -1.98. The zero-order valence-electron chi connectivity index (χ0n) is 8.04. The van der Waals surface area contributed by atoms with Gasteiger partial charge in [0.2, 0.25) is 0 Å². The van der Waals surface area contributed by atoms with E-state index in [4.69, 9.17) is 0 Å². The third kappa shape index (κ3) is 3.89. The number of hydrogen-bond donors (Lipinski definition) is 0. The molecule has 0 N–H and O–H groups in total. The van der Waals surface area contributed by atoms with E-state index >= 15 is 0 Å². The Bertz CT molecular complexity index is 235. The van der Waals surface area contributed by atoms with Gasteiger partial charge in [-0.25, -0.2) is 0 Å². The number of rotatable bonds is 6. The lowest BCUT2D eigenvalue weighted by molar-refractivity contribution is 0.537. The molecule has 1 rings (SSSR count). The Morgan fingerprint density at radius 3 is 3.00 bits per heavy atom. The molecule has 0 saturated carbocycles. The molecular weight excluding hydrogens is 230 g/mol. The first-order valence-electron chi connectivity index (χ1n) is 4.81. The van der Waals surface area contributed by atoms with Crippen molar-refractivity contribution in [2.75, 3.05) is 5.33 Å². The first kappa shape index (κ1) is 10.7. The van der Waals surface area contributed by atoms with Gasteiger partial charge in [-0.05, 0) is 6.42 Å². The standard InChI is InChI=1S/C9H16BrN3/c1-2-3-4-7-13-8-9(5-6-10)11-12-13/h8H,2-7H2,1H3. The fourth-order valence-corrected chi connectivity index (χ4v) is 1.59. The second-order valence-electron chi connectivity index (χ2n) is 3.12. The summed E-state index contributed by atoms with van der Waals surface area (Å²) in [6.07, 6.45) is 6.73. The van der Waals surface area contributed by atoms with Crippen LogP contribution in [0, 0.1) is 0 Å². The molecule has 0 saturated heterocycles. The third-order valence-electron chi connectivity index (χ3n) is 1.93. The maximum absolute atomic E-state index is 4.07. The van der Waals surface area contributed by atoms with Gasteiger partial charge in [0.15, 0.2) is 0 Å². The van der Waals surface area contributed by atoms with Crippen LogP contribution >= 0.6 is 15.9 Å². The molecule has 0 unspecified atom stereocenters. The average Bonchev–Trinajstić information content (AvgIpc) is 2.54. The maximum atomic E-state index is 4.07. The maximum Gasteiger partial charge on any atom is 0.0835 e. The van der Waals surface area contributed by atoms with Crippen molar-refractivity contribution >= 4 is 15.9 Å². The Kier molecular flexibility index (Phi) is 5.05. The van der Waals surface area contributed by atoms with Crippen molar-refractivity contribution in [3.8, 4) is 0 Å². The largest absolute Gasteiger partial charge is 0.252 e. The van der Waals surface area contributed by atoms with E-state index in [2.05, 4.69) is 33.2 Å². The summed E-state index contributed by atoms with van der Waals surface area (Å²) in [7, 11) is 0.